The molecule has 0 unspecified atom stereocenters. The fourth-order valence-corrected chi connectivity index (χ4v) is 1.30. The normalized spacial score (nSPS) is 9.93. The number of amides is 1. The monoisotopic (exact) mass is 208 g/mol. The molecule has 0 saturated heterocycles. The van der Waals surface area contributed by atoms with Gasteiger partial charge in [-0.25, -0.2) is 0 Å². The number of aryl methyl sites for hydroxylation is 1. The van der Waals surface area contributed by atoms with E-state index in [1.165, 1.54) is 6.92 Å². The lowest BCUT2D eigenvalue weighted by molar-refractivity contribution is -0.118. The highest BCUT2D eigenvalue weighted by atomic mass is 16.3. The van der Waals surface area contributed by atoms with Crippen LogP contribution in [0.5, 0.6) is 5.75 Å². The summed E-state index contributed by atoms with van der Waals surface area (Å²) in [6, 6.07) is 3.34. The quantitative estimate of drug-likeness (QED) is 0.716. The summed E-state index contributed by atoms with van der Waals surface area (Å²) in [5, 5.41) is 12.1. The molecule has 0 aliphatic rings. The van der Waals surface area contributed by atoms with Crippen molar-refractivity contribution in [2.24, 2.45) is 0 Å². The Bertz CT molecular complexity index is 326. The summed E-state index contributed by atoms with van der Waals surface area (Å²) in [6.45, 7) is 2.19. The van der Waals surface area contributed by atoms with Crippen molar-refractivity contribution in [1.29, 1.82) is 0 Å². The second-order valence-electron chi connectivity index (χ2n) is 3.41. The van der Waals surface area contributed by atoms with Gasteiger partial charge in [0.2, 0.25) is 5.91 Å². The molecule has 0 saturated carbocycles. The number of hydrogen-bond donors (Lipinski definition) is 2. The lowest BCUT2D eigenvalue weighted by atomic mass is 10.1. The van der Waals surface area contributed by atoms with Crippen LogP contribution in [0.4, 0.5) is 0 Å². The first-order chi connectivity index (χ1) is 7.20. The van der Waals surface area contributed by atoms with Gasteiger partial charge in [0.1, 0.15) is 5.75 Å². The average Bonchev–Trinajstić information content (AvgIpc) is 2.20. The van der Waals surface area contributed by atoms with Gasteiger partial charge in [0.15, 0.2) is 0 Å². The molecule has 4 nitrogen and oxygen atoms in total. The molecular weight excluding hydrogens is 192 g/mol. The molecule has 0 radical (unpaired) electrons. The maximum Gasteiger partial charge on any atom is 0.216 e. The van der Waals surface area contributed by atoms with Crippen molar-refractivity contribution in [3.8, 4) is 5.75 Å². The summed E-state index contributed by atoms with van der Waals surface area (Å²) < 4.78 is 0. The zero-order chi connectivity index (χ0) is 11.1. The van der Waals surface area contributed by atoms with E-state index in [9.17, 15) is 9.90 Å². The fraction of sp³-hybridized carbons (Fsp3) is 0.455. The van der Waals surface area contributed by atoms with Crippen LogP contribution in [0.2, 0.25) is 0 Å². The number of aromatic hydroxyl groups is 1. The van der Waals surface area contributed by atoms with Gasteiger partial charge in [-0.2, -0.15) is 0 Å². The number of rotatable bonds is 5. The Morgan fingerprint density at radius 1 is 1.53 bits per heavy atom. The van der Waals surface area contributed by atoms with E-state index < -0.39 is 0 Å². The van der Waals surface area contributed by atoms with Crippen molar-refractivity contribution < 1.29 is 9.90 Å². The SMILES string of the molecule is CC(=O)NCCCCc1ncccc1O. The minimum absolute atomic E-state index is 0.00400. The first-order valence-electron chi connectivity index (χ1n) is 5.07. The molecule has 2 N–H and O–H groups in total. The molecule has 0 aliphatic carbocycles. The van der Waals surface area contributed by atoms with Crippen LogP contribution in [0.3, 0.4) is 0 Å². The Hall–Kier alpha value is -1.58. The van der Waals surface area contributed by atoms with E-state index in [2.05, 4.69) is 10.3 Å². The number of unbranched alkanes of at least 4 members (excludes halogenated alkanes) is 1. The maximum atomic E-state index is 10.6. The minimum Gasteiger partial charge on any atom is -0.506 e. The lowest BCUT2D eigenvalue weighted by Crippen LogP contribution is -2.20. The van der Waals surface area contributed by atoms with Crippen LogP contribution >= 0.6 is 0 Å². The summed E-state index contributed by atoms with van der Waals surface area (Å²) in [5.74, 6) is 0.243. The van der Waals surface area contributed by atoms with Gasteiger partial charge in [0.25, 0.3) is 0 Å². The first kappa shape index (κ1) is 11.5. The third-order valence-corrected chi connectivity index (χ3v) is 2.08. The topological polar surface area (TPSA) is 62.2 Å². The molecule has 1 heterocycles. The van der Waals surface area contributed by atoms with Crippen molar-refractivity contribution in [3.63, 3.8) is 0 Å². The van der Waals surface area contributed by atoms with E-state index in [4.69, 9.17) is 0 Å². The van der Waals surface area contributed by atoms with E-state index in [1.807, 2.05) is 0 Å². The van der Waals surface area contributed by atoms with Gasteiger partial charge in [0.05, 0.1) is 5.69 Å². The van der Waals surface area contributed by atoms with Crippen molar-refractivity contribution >= 4 is 5.91 Å². The van der Waals surface area contributed by atoms with Gasteiger partial charge in [-0.1, -0.05) is 0 Å². The first-order valence-corrected chi connectivity index (χ1v) is 5.07. The van der Waals surface area contributed by atoms with Crippen LogP contribution in [-0.2, 0) is 11.2 Å². The van der Waals surface area contributed by atoms with Gasteiger partial charge >= 0.3 is 0 Å². The summed E-state index contributed by atoms with van der Waals surface area (Å²) in [6.07, 6.45) is 4.22. The number of aromatic nitrogens is 1. The second kappa shape index (κ2) is 6.01. The van der Waals surface area contributed by atoms with Crippen molar-refractivity contribution in [2.75, 3.05) is 6.54 Å². The number of nitrogens with zero attached hydrogens (tertiary/aromatic N) is 1. The molecule has 15 heavy (non-hydrogen) atoms. The van der Waals surface area contributed by atoms with Gasteiger partial charge in [0, 0.05) is 19.7 Å². The zero-order valence-electron chi connectivity index (χ0n) is 8.86. The molecule has 82 valence electrons. The number of hydrogen-bond acceptors (Lipinski definition) is 3. The molecule has 0 fully saturated rings. The molecule has 4 heteroatoms. The van der Waals surface area contributed by atoms with E-state index in [0.29, 0.717) is 6.54 Å². The second-order valence-corrected chi connectivity index (χ2v) is 3.41. The Morgan fingerprint density at radius 3 is 3.00 bits per heavy atom. The molecule has 0 atom stereocenters. The van der Waals surface area contributed by atoms with Crippen LogP contribution in [0.25, 0.3) is 0 Å². The van der Waals surface area contributed by atoms with E-state index >= 15 is 0 Å². The van der Waals surface area contributed by atoms with Gasteiger partial charge in [-0.05, 0) is 31.4 Å². The average molecular weight is 208 g/mol. The minimum atomic E-state index is -0.00400. The van der Waals surface area contributed by atoms with Crippen molar-refractivity contribution in [3.05, 3.63) is 24.0 Å². The predicted molar refractivity (Wildman–Crippen MR) is 57.5 cm³/mol. The molecule has 0 bridgehead atoms. The van der Waals surface area contributed by atoms with Crippen LogP contribution in [0.15, 0.2) is 18.3 Å². The number of carbonyl (C=O) groups is 1. The highest BCUT2D eigenvalue weighted by Crippen LogP contribution is 2.14. The molecule has 0 aromatic carbocycles. The van der Waals surface area contributed by atoms with Gasteiger partial charge < -0.3 is 10.4 Å². The fourth-order valence-electron chi connectivity index (χ4n) is 1.30. The highest BCUT2D eigenvalue weighted by Gasteiger charge is 2.00. The van der Waals surface area contributed by atoms with Crippen LogP contribution < -0.4 is 5.32 Å². The van der Waals surface area contributed by atoms with Crippen LogP contribution in [-0.4, -0.2) is 22.5 Å². The standard InChI is InChI=1S/C11H16N2O2/c1-9(14)12-7-3-2-5-10-11(15)6-4-8-13-10/h4,6,8,15H,2-3,5,7H2,1H3,(H,12,14). The summed E-state index contributed by atoms with van der Waals surface area (Å²) in [5.41, 5.74) is 0.723. The predicted octanol–water partition coefficient (Wildman–Crippen LogP) is 1.25. The Balaban J connectivity index is 2.21. The largest absolute Gasteiger partial charge is 0.506 e. The molecule has 1 rings (SSSR count). The number of nitrogens with one attached hydrogen (secondary N) is 1. The van der Waals surface area contributed by atoms with Crippen molar-refractivity contribution in [2.45, 2.75) is 26.2 Å². The summed E-state index contributed by atoms with van der Waals surface area (Å²) in [7, 11) is 0. The molecule has 0 aliphatic heterocycles. The maximum absolute atomic E-state index is 10.6. The van der Waals surface area contributed by atoms with Crippen LogP contribution in [0, 0.1) is 0 Å². The van der Waals surface area contributed by atoms with Gasteiger partial charge in [-0.15, -0.1) is 0 Å². The lowest BCUT2D eigenvalue weighted by Gasteiger charge is -2.03. The molecule has 0 spiro atoms. The van der Waals surface area contributed by atoms with Crippen molar-refractivity contribution in [1.82, 2.24) is 10.3 Å². The van der Waals surface area contributed by atoms with E-state index in [-0.39, 0.29) is 11.7 Å². The van der Waals surface area contributed by atoms with Gasteiger partial charge in [-0.3, -0.25) is 9.78 Å². The Kier molecular flexibility index (Phi) is 4.60. The molecule has 1 aromatic rings. The third kappa shape index (κ3) is 4.44. The van der Waals surface area contributed by atoms with E-state index in [0.717, 1.165) is 25.0 Å². The Labute approximate surface area is 89.3 Å². The zero-order valence-corrected chi connectivity index (χ0v) is 8.86. The summed E-state index contributed by atoms with van der Waals surface area (Å²) >= 11 is 0. The van der Waals surface area contributed by atoms with E-state index in [1.54, 1.807) is 18.3 Å². The Morgan fingerprint density at radius 2 is 2.33 bits per heavy atom. The molecule has 1 aromatic heterocycles. The molecular formula is C11H16N2O2. The smallest absolute Gasteiger partial charge is 0.216 e. The number of carbonyl (C=O) groups excluding carboxylic acids is 1. The molecule has 1 amide bonds. The van der Waals surface area contributed by atoms with Crippen LogP contribution in [0.1, 0.15) is 25.5 Å². The number of pyridine rings is 1. The third-order valence-electron chi connectivity index (χ3n) is 2.08. The highest BCUT2D eigenvalue weighted by molar-refractivity contribution is 5.72. The summed E-state index contributed by atoms with van der Waals surface area (Å²) in [4.78, 5) is 14.6.